The quantitative estimate of drug-likeness (QED) is 0.766. The number of rotatable bonds is 3. The van der Waals surface area contributed by atoms with Crippen molar-refractivity contribution >= 4 is 5.69 Å². The van der Waals surface area contributed by atoms with E-state index in [9.17, 15) is 5.11 Å². The molecule has 4 heteroatoms. The summed E-state index contributed by atoms with van der Waals surface area (Å²) in [6.07, 6.45) is -0.810. The smallest absolute Gasteiger partial charge is 0.109 e. The molecule has 0 amide bonds. The Balaban J connectivity index is 2.15. The summed E-state index contributed by atoms with van der Waals surface area (Å²) in [7, 11) is 0. The first-order valence-electron chi connectivity index (χ1n) is 6.05. The Hall–Kier alpha value is -1.10. The van der Waals surface area contributed by atoms with Crippen molar-refractivity contribution < 1.29 is 9.84 Å². The third-order valence-electron chi connectivity index (χ3n) is 3.28. The molecule has 2 rings (SSSR count). The average Bonchev–Trinajstić information content (AvgIpc) is 2.39. The maximum absolute atomic E-state index is 9.42. The highest BCUT2D eigenvalue weighted by atomic mass is 16.5. The van der Waals surface area contributed by atoms with E-state index in [1.165, 1.54) is 5.69 Å². The van der Waals surface area contributed by atoms with Crippen LogP contribution in [-0.2, 0) is 4.74 Å². The SMILES string of the molecule is C[C@H](c1cccc(N2CCOCC2)c1)[C@H](N)O. The predicted octanol–water partition coefficient (Wildman–Crippen LogP) is 0.904. The summed E-state index contributed by atoms with van der Waals surface area (Å²) in [4.78, 5) is 2.29. The molecule has 17 heavy (non-hydrogen) atoms. The molecule has 1 saturated heterocycles. The van der Waals surface area contributed by atoms with Crippen molar-refractivity contribution in [3.05, 3.63) is 29.8 Å². The van der Waals surface area contributed by atoms with Gasteiger partial charge in [-0.15, -0.1) is 0 Å². The van der Waals surface area contributed by atoms with E-state index < -0.39 is 6.23 Å². The zero-order chi connectivity index (χ0) is 12.3. The number of nitrogens with two attached hydrogens (primary N) is 1. The van der Waals surface area contributed by atoms with Gasteiger partial charge in [0.15, 0.2) is 0 Å². The van der Waals surface area contributed by atoms with E-state index in [1.807, 2.05) is 19.1 Å². The molecule has 0 unspecified atom stereocenters. The first-order chi connectivity index (χ1) is 8.18. The van der Waals surface area contributed by atoms with Crippen molar-refractivity contribution in [2.45, 2.75) is 19.1 Å². The molecule has 0 spiro atoms. The number of ether oxygens (including phenoxy) is 1. The van der Waals surface area contributed by atoms with E-state index in [1.54, 1.807) is 0 Å². The molecule has 3 N–H and O–H groups in total. The second-order valence-electron chi connectivity index (χ2n) is 4.47. The second-order valence-corrected chi connectivity index (χ2v) is 4.47. The van der Waals surface area contributed by atoms with Crippen LogP contribution >= 0.6 is 0 Å². The van der Waals surface area contributed by atoms with Gasteiger partial charge in [0.25, 0.3) is 0 Å². The Morgan fingerprint density at radius 1 is 1.35 bits per heavy atom. The van der Waals surface area contributed by atoms with Gasteiger partial charge in [-0.1, -0.05) is 19.1 Å². The number of hydrogen-bond acceptors (Lipinski definition) is 4. The van der Waals surface area contributed by atoms with Gasteiger partial charge < -0.3 is 20.5 Å². The Morgan fingerprint density at radius 3 is 2.71 bits per heavy atom. The van der Waals surface area contributed by atoms with Gasteiger partial charge in [-0.3, -0.25) is 0 Å². The maximum Gasteiger partial charge on any atom is 0.109 e. The van der Waals surface area contributed by atoms with Crippen LogP contribution < -0.4 is 10.6 Å². The molecule has 0 aromatic heterocycles. The summed E-state index contributed by atoms with van der Waals surface area (Å²) in [5.74, 6) is -0.0454. The molecular weight excluding hydrogens is 216 g/mol. The normalized spacial score (nSPS) is 20.1. The summed E-state index contributed by atoms with van der Waals surface area (Å²) >= 11 is 0. The highest BCUT2D eigenvalue weighted by Crippen LogP contribution is 2.23. The summed E-state index contributed by atoms with van der Waals surface area (Å²) < 4.78 is 5.34. The lowest BCUT2D eigenvalue weighted by atomic mass is 9.99. The summed E-state index contributed by atoms with van der Waals surface area (Å²) in [6.45, 7) is 5.33. The molecule has 0 saturated carbocycles. The van der Waals surface area contributed by atoms with Crippen LogP contribution in [-0.4, -0.2) is 37.6 Å². The van der Waals surface area contributed by atoms with Gasteiger partial charge in [0.05, 0.1) is 13.2 Å². The van der Waals surface area contributed by atoms with Crippen molar-refractivity contribution in [3.8, 4) is 0 Å². The van der Waals surface area contributed by atoms with Gasteiger partial charge in [-0.05, 0) is 17.7 Å². The molecule has 1 heterocycles. The Labute approximate surface area is 102 Å². The lowest BCUT2D eigenvalue weighted by Gasteiger charge is -2.29. The highest BCUT2D eigenvalue weighted by molar-refractivity contribution is 5.49. The third-order valence-corrected chi connectivity index (χ3v) is 3.28. The zero-order valence-corrected chi connectivity index (χ0v) is 10.2. The van der Waals surface area contributed by atoms with Crippen molar-refractivity contribution in [1.29, 1.82) is 0 Å². The first kappa shape index (κ1) is 12.4. The van der Waals surface area contributed by atoms with Gasteiger partial charge in [0, 0.05) is 24.7 Å². The standard InChI is InChI=1S/C13H20N2O2/c1-10(13(14)16)11-3-2-4-12(9-11)15-5-7-17-8-6-15/h2-4,9-10,13,16H,5-8,14H2,1H3/t10-,13-/m1/s1. The van der Waals surface area contributed by atoms with E-state index in [0.717, 1.165) is 31.9 Å². The molecule has 2 atom stereocenters. The van der Waals surface area contributed by atoms with Crippen molar-refractivity contribution in [1.82, 2.24) is 0 Å². The summed E-state index contributed by atoms with van der Waals surface area (Å²) in [5.41, 5.74) is 7.77. The maximum atomic E-state index is 9.42. The van der Waals surface area contributed by atoms with E-state index >= 15 is 0 Å². The Morgan fingerprint density at radius 2 is 2.06 bits per heavy atom. The Kier molecular flexibility index (Phi) is 3.99. The van der Waals surface area contributed by atoms with Gasteiger partial charge in [-0.2, -0.15) is 0 Å². The molecule has 94 valence electrons. The second kappa shape index (κ2) is 5.49. The van der Waals surface area contributed by atoms with Gasteiger partial charge in [-0.25, -0.2) is 0 Å². The van der Waals surface area contributed by atoms with E-state index in [2.05, 4.69) is 17.0 Å². The minimum Gasteiger partial charge on any atom is -0.378 e. The minimum atomic E-state index is -0.810. The van der Waals surface area contributed by atoms with Crippen molar-refractivity contribution in [2.75, 3.05) is 31.2 Å². The summed E-state index contributed by atoms with van der Waals surface area (Å²) in [6, 6.07) is 8.21. The zero-order valence-electron chi connectivity index (χ0n) is 10.2. The predicted molar refractivity (Wildman–Crippen MR) is 68.1 cm³/mol. The fourth-order valence-corrected chi connectivity index (χ4v) is 2.02. The monoisotopic (exact) mass is 236 g/mol. The van der Waals surface area contributed by atoms with E-state index in [-0.39, 0.29) is 5.92 Å². The van der Waals surface area contributed by atoms with Gasteiger partial charge in [0.2, 0.25) is 0 Å². The fraction of sp³-hybridized carbons (Fsp3) is 0.538. The first-order valence-corrected chi connectivity index (χ1v) is 6.05. The summed E-state index contributed by atoms with van der Waals surface area (Å²) in [5, 5.41) is 9.42. The molecule has 0 bridgehead atoms. The molecule has 0 radical (unpaired) electrons. The van der Waals surface area contributed by atoms with E-state index in [4.69, 9.17) is 10.5 Å². The van der Waals surface area contributed by atoms with Gasteiger partial charge in [0.1, 0.15) is 6.23 Å². The van der Waals surface area contributed by atoms with E-state index in [0.29, 0.717) is 0 Å². The van der Waals surface area contributed by atoms with Gasteiger partial charge >= 0.3 is 0 Å². The molecular formula is C13H20N2O2. The number of nitrogens with zero attached hydrogens (tertiary/aromatic N) is 1. The van der Waals surface area contributed by atoms with Crippen molar-refractivity contribution in [3.63, 3.8) is 0 Å². The highest BCUT2D eigenvalue weighted by Gasteiger charge is 2.15. The largest absolute Gasteiger partial charge is 0.378 e. The molecule has 1 aromatic carbocycles. The minimum absolute atomic E-state index is 0.0454. The van der Waals surface area contributed by atoms with Crippen LogP contribution in [0.3, 0.4) is 0 Å². The average molecular weight is 236 g/mol. The van der Waals surface area contributed by atoms with Crippen molar-refractivity contribution in [2.24, 2.45) is 5.73 Å². The third kappa shape index (κ3) is 2.97. The molecule has 4 nitrogen and oxygen atoms in total. The van der Waals surface area contributed by atoms with Crippen LogP contribution in [0.2, 0.25) is 0 Å². The fourth-order valence-electron chi connectivity index (χ4n) is 2.02. The molecule has 1 aliphatic rings. The van der Waals surface area contributed by atoms with Crippen LogP contribution in [0.5, 0.6) is 0 Å². The molecule has 1 aliphatic heterocycles. The molecule has 1 fully saturated rings. The number of aliphatic hydroxyl groups is 1. The number of morpholine rings is 1. The number of hydrogen-bond donors (Lipinski definition) is 2. The topological polar surface area (TPSA) is 58.7 Å². The van der Waals surface area contributed by atoms with Crippen LogP contribution in [0, 0.1) is 0 Å². The molecule has 1 aromatic rings. The van der Waals surface area contributed by atoms with Crippen LogP contribution in [0.4, 0.5) is 5.69 Å². The number of aliphatic hydroxyl groups excluding tert-OH is 1. The lowest BCUT2D eigenvalue weighted by Crippen LogP contribution is -2.36. The van der Waals surface area contributed by atoms with Crippen LogP contribution in [0.15, 0.2) is 24.3 Å². The Bertz CT molecular complexity index is 362. The number of anilines is 1. The lowest BCUT2D eigenvalue weighted by molar-refractivity contribution is 0.122. The molecule has 0 aliphatic carbocycles. The number of benzene rings is 1. The van der Waals surface area contributed by atoms with Crippen LogP contribution in [0.1, 0.15) is 18.4 Å². The van der Waals surface area contributed by atoms with Crippen LogP contribution in [0.25, 0.3) is 0 Å².